The van der Waals surface area contributed by atoms with Crippen molar-refractivity contribution in [1.82, 2.24) is 20.2 Å². The number of hydrogen-bond acceptors (Lipinski definition) is 5. The van der Waals surface area contributed by atoms with Gasteiger partial charge in [0.2, 0.25) is 5.95 Å². The molecule has 2 aromatic rings. The number of nitrogens with one attached hydrogen (secondary N) is 1. The van der Waals surface area contributed by atoms with Crippen LogP contribution in [0.5, 0.6) is 0 Å². The van der Waals surface area contributed by atoms with Crippen LogP contribution in [0.2, 0.25) is 0 Å². The van der Waals surface area contributed by atoms with E-state index in [-0.39, 0.29) is 0 Å². The summed E-state index contributed by atoms with van der Waals surface area (Å²) < 4.78 is 0. The van der Waals surface area contributed by atoms with Crippen molar-refractivity contribution in [2.45, 2.75) is 13.3 Å². The molecule has 3 heterocycles. The first-order valence-electron chi connectivity index (χ1n) is 10.7. The first-order chi connectivity index (χ1) is 14.3. The number of para-hydroxylation sites is 1. The van der Waals surface area contributed by atoms with E-state index < -0.39 is 0 Å². The minimum Gasteiger partial charge on any atom is -0.371 e. The predicted octanol–water partition coefficient (Wildman–Crippen LogP) is 2.09. The summed E-state index contributed by atoms with van der Waals surface area (Å²) in [6.45, 7) is 9.82. The van der Waals surface area contributed by atoms with Gasteiger partial charge in [0.05, 0.1) is 0 Å². The fourth-order valence-corrected chi connectivity index (χ4v) is 4.07. The van der Waals surface area contributed by atoms with Crippen LogP contribution < -0.4 is 15.1 Å². The summed E-state index contributed by atoms with van der Waals surface area (Å²) in [4.78, 5) is 20.8. The molecule has 154 valence electrons. The molecule has 1 aromatic carbocycles. The van der Waals surface area contributed by atoms with Gasteiger partial charge in [0.15, 0.2) is 5.96 Å². The molecule has 0 bridgehead atoms. The van der Waals surface area contributed by atoms with E-state index in [0.717, 1.165) is 64.3 Å². The minimum atomic E-state index is 0.614. The lowest BCUT2D eigenvalue weighted by atomic mass is 10.1. The first-order valence-corrected chi connectivity index (χ1v) is 10.7. The Bertz CT molecular complexity index is 772. The minimum absolute atomic E-state index is 0.614. The molecule has 1 atom stereocenters. The highest BCUT2D eigenvalue weighted by Crippen LogP contribution is 2.23. The van der Waals surface area contributed by atoms with Crippen LogP contribution in [-0.2, 0) is 0 Å². The Morgan fingerprint density at radius 3 is 2.48 bits per heavy atom. The molecule has 7 nitrogen and oxygen atoms in total. The van der Waals surface area contributed by atoms with Crippen molar-refractivity contribution in [3.63, 3.8) is 0 Å². The maximum absolute atomic E-state index is 5.00. The molecular formula is C22H31N7. The van der Waals surface area contributed by atoms with E-state index in [0.29, 0.717) is 5.92 Å². The SMILES string of the molecule is CCNC(=NCC1CCN(c2ccccc2)C1)N1CCN(c2ncccn2)CC1. The molecule has 2 fully saturated rings. The highest BCUT2D eigenvalue weighted by Gasteiger charge is 2.24. The van der Waals surface area contributed by atoms with Gasteiger partial charge >= 0.3 is 0 Å². The lowest BCUT2D eigenvalue weighted by Crippen LogP contribution is -2.53. The van der Waals surface area contributed by atoms with Gasteiger partial charge < -0.3 is 20.0 Å². The number of rotatable bonds is 5. The predicted molar refractivity (Wildman–Crippen MR) is 119 cm³/mol. The molecule has 2 aliphatic rings. The van der Waals surface area contributed by atoms with Crippen LogP contribution in [-0.4, -0.2) is 73.2 Å². The van der Waals surface area contributed by atoms with Crippen molar-refractivity contribution in [2.24, 2.45) is 10.9 Å². The van der Waals surface area contributed by atoms with Gasteiger partial charge in [-0.05, 0) is 37.5 Å². The van der Waals surface area contributed by atoms with Crippen LogP contribution in [0.3, 0.4) is 0 Å². The Balaban J connectivity index is 1.32. The zero-order valence-corrected chi connectivity index (χ0v) is 17.2. The van der Waals surface area contributed by atoms with Crippen LogP contribution in [0, 0.1) is 5.92 Å². The molecule has 7 heteroatoms. The van der Waals surface area contributed by atoms with E-state index in [1.807, 2.05) is 6.07 Å². The van der Waals surface area contributed by atoms with Crippen molar-refractivity contribution in [1.29, 1.82) is 0 Å². The smallest absolute Gasteiger partial charge is 0.225 e. The molecule has 0 spiro atoms. The molecule has 0 saturated carbocycles. The summed E-state index contributed by atoms with van der Waals surface area (Å²) in [6.07, 6.45) is 4.82. The average molecular weight is 394 g/mol. The molecule has 1 unspecified atom stereocenters. The lowest BCUT2D eigenvalue weighted by molar-refractivity contribution is 0.369. The molecule has 2 aliphatic heterocycles. The van der Waals surface area contributed by atoms with Gasteiger partial charge in [0, 0.05) is 70.4 Å². The first kappa shape index (κ1) is 19.5. The molecule has 2 saturated heterocycles. The standard InChI is InChI=1S/C22H31N7/c1-2-23-21(27-13-15-28(16-14-27)22-24-10-6-11-25-22)26-17-19-9-12-29(18-19)20-7-4-3-5-8-20/h3-8,10-11,19H,2,9,12-18H2,1H3,(H,23,26). The van der Waals surface area contributed by atoms with E-state index in [9.17, 15) is 0 Å². The number of aromatic nitrogens is 2. The Kier molecular flexibility index (Phi) is 6.44. The Morgan fingerprint density at radius 1 is 1.00 bits per heavy atom. The highest BCUT2D eigenvalue weighted by atomic mass is 15.4. The summed E-state index contributed by atoms with van der Waals surface area (Å²) in [5.74, 6) is 2.48. The average Bonchev–Trinajstić information content (AvgIpc) is 3.27. The topological polar surface area (TPSA) is 59.9 Å². The van der Waals surface area contributed by atoms with Crippen LogP contribution in [0.4, 0.5) is 11.6 Å². The van der Waals surface area contributed by atoms with Crippen LogP contribution in [0.1, 0.15) is 13.3 Å². The van der Waals surface area contributed by atoms with E-state index in [4.69, 9.17) is 4.99 Å². The number of benzene rings is 1. The number of piperazine rings is 1. The zero-order valence-electron chi connectivity index (χ0n) is 17.2. The largest absolute Gasteiger partial charge is 0.371 e. The third-order valence-corrected chi connectivity index (χ3v) is 5.66. The summed E-state index contributed by atoms with van der Waals surface area (Å²) in [7, 11) is 0. The van der Waals surface area contributed by atoms with Gasteiger partial charge in [0.25, 0.3) is 0 Å². The Labute approximate surface area is 173 Å². The van der Waals surface area contributed by atoms with Gasteiger partial charge in [0.1, 0.15) is 0 Å². The third kappa shape index (κ3) is 4.96. The maximum Gasteiger partial charge on any atom is 0.225 e. The highest BCUT2D eigenvalue weighted by molar-refractivity contribution is 5.80. The number of anilines is 2. The lowest BCUT2D eigenvalue weighted by Gasteiger charge is -2.36. The molecule has 0 amide bonds. The number of hydrogen-bond donors (Lipinski definition) is 1. The fourth-order valence-electron chi connectivity index (χ4n) is 4.07. The van der Waals surface area contributed by atoms with Gasteiger partial charge in [-0.3, -0.25) is 4.99 Å². The van der Waals surface area contributed by atoms with E-state index in [2.05, 4.69) is 67.2 Å². The molecule has 29 heavy (non-hydrogen) atoms. The van der Waals surface area contributed by atoms with Crippen LogP contribution in [0.25, 0.3) is 0 Å². The van der Waals surface area contributed by atoms with Crippen molar-refractivity contribution in [3.8, 4) is 0 Å². The van der Waals surface area contributed by atoms with Crippen molar-refractivity contribution < 1.29 is 0 Å². The summed E-state index contributed by atoms with van der Waals surface area (Å²) in [6, 6.07) is 12.6. The van der Waals surface area contributed by atoms with Gasteiger partial charge in [-0.25, -0.2) is 9.97 Å². The molecule has 1 aromatic heterocycles. The van der Waals surface area contributed by atoms with Crippen molar-refractivity contribution >= 4 is 17.6 Å². The van der Waals surface area contributed by atoms with Crippen LogP contribution >= 0.6 is 0 Å². The summed E-state index contributed by atoms with van der Waals surface area (Å²) in [5.41, 5.74) is 1.32. The maximum atomic E-state index is 5.00. The zero-order chi connectivity index (χ0) is 19.9. The molecule has 0 radical (unpaired) electrons. The van der Waals surface area contributed by atoms with Crippen molar-refractivity contribution in [2.75, 3.05) is 62.2 Å². The third-order valence-electron chi connectivity index (χ3n) is 5.66. The van der Waals surface area contributed by atoms with Crippen LogP contribution in [0.15, 0.2) is 53.8 Å². The van der Waals surface area contributed by atoms with Gasteiger partial charge in [-0.1, -0.05) is 18.2 Å². The van der Waals surface area contributed by atoms with E-state index in [1.165, 1.54) is 12.1 Å². The van der Waals surface area contributed by atoms with Gasteiger partial charge in [-0.15, -0.1) is 0 Å². The molecule has 0 aliphatic carbocycles. The molecule has 1 N–H and O–H groups in total. The Morgan fingerprint density at radius 2 is 1.76 bits per heavy atom. The molecular weight excluding hydrogens is 362 g/mol. The second kappa shape index (κ2) is 9.58. The quantitative estimate of drug-likeness (QED) is 0.620. The second-order valence-corrected chi connectivity index (χ2v) is 7.65. The van der Waals surface area contributed by atoms with E-state index >= 15 is 0 Å². The number of aliphatic imine (C=N–C) groups is 1. The van der Waals surface area contributed by atoms with Gasteiger partial charge in [-0.2, -0.15) is 0 Å². The summed E-state index contributed by atoms with van der Waals surface area (Å²) in [5, 5.41) is 3.49. The monoisotopic (exact) mass is 393 g/mol. The number of nitrogens with zero attached hydrogens (tertiary/aromatic N) is 6. The normalized spacial score (nSPS) is 20.2. The fraction of sp³-hybridized carbons (Fsp3) is 0.500. The van der Waals surface area contributed by atoms with Crippen molar-refractivity contribution in [3.05, 3.63) is 48.8 Å². The second-order valence-electron chi connectivity index (χ2n) is 7.65. The molecule has 4 rings (SSSR count). The van der Waals surface area contributed by atoms with E-state index in [1.54, 1.807) is 12.4 Å². The number of guanidine groups is 1. The Hall–Kier alpha value is -2.83. The summed E-state index contributed by atoms with van der Waals surface area (Å²) >= 11 is 0.